The number of benzene rings is 2. The standard InChI is InChI=1S/C16H18N4/c1-18-15-13-8-4-5-9-14(13)19-10-11-6-2-3-7-12(11)16(15)20-17/h2-9,18-20H,10,17H2,1H3/b16-15-. The lowest BCUT2D eigenvalue weighted by molar-refractivity contribution is 0.964. The van der Waals surface area contributed by atoms with Crippen LogP contribution in [-0.2, 0) is 6.54 Å². The van der Waals surface area contributed by atoms with Crippen molar-refractivity contribution >= 4 is 17.1 Å². The molecule has 0 aromatic heterocycles. The number of hydrazine groups is 1. The maximum absolute atomic E-state index is 5.79. The Hall–Kier alpha value is -2.46. The fourth-order valence-corrected chi connectivity index (χ4v) is 2.64. The molecular weight excluding hydrogens is 248 g/mol. The van der Waals surface area contributed by atoms with Gasteiger partial charge in [-0.2, -0.15) is 0 Å². The van der Waals surface area contributed by atoms with Gasteiger partial charge in [-0.15, -0.1) is 0 Å². The number of para-hydroxylation sites is 1. The van der Waals surface area contributed by atoms with Crippen molar-refractivity contribution in [3.63, 3.8) is 0 Å². The van der Waals surface area contributed by atoms with Gasteiger partial charge < -0.3 is 16.1 Å². The van der Waals surface area contributed by atoms with Crippen molar-refractivity contribution in [2.75, 3.05) is 12.4 Å². The smallest absolute Gasteiger partial charge is 0.0801 e. The van der Waals surface area contributed by atoms with Gasteiger partial charge in [0.2, 0.25) is 0 Å². The van der Waals surface area contributed by atoms with Crippen LogP contribution in [0.3, 0.4) is 0 Å². The van der Waals surface area contributed by atoms with Gasteiger partial charge in [0.15, 0.2) is 0 Å². The van der Waals surface area contributed by atoms with E-state index in [2.05, 4.69) is 40.3 Å². The van der Waals surface area contributed by atoms with Crippen molar-refractivity contribution in [3.05, 3.63) is 65.2 Å². The summed E-state index contributed by atoms with van der Waals surface area (Å²) in [5, 5.41) is 6.75. The van der Waals surface area contributed by atoms with E-state index in [1.807, 2.05) is 31.3 Å². The van der Waals surface area contributed by atoms with E-state index in [-0.39, 0.29) is 0 Å². The van der Waals surface area contributed by atoms with E-state index in [1.165, 1.54) is 5.56 Å². The van der Waals surface area contributed by atoms with Gasteiger partial charge in [-0.3, -0.25) is 5.84 Å². The molecule has 1 aliphatic rings. The summed E-state index contributed by atoms with van der Waals surface area (Å²) >= 11 is 0. The van der Waals surface area contributed by atoms with Crippen molar-refractivity contribution in [3.8, 4) is 0 Å². The first-order chi connectivity index (χ1) is 9.85. The SMILES string of the molecule is CN/C1=C(\NN)c2ccccc2CNc2ccccc21. The van der Waals surface area contributed by atoms with Crippen molar-refractivity contribution in [2.45, 2.75) is 6.54 Å². The van der Waals surface area contributed by atoms with Crippen molar-refractivity contribution in [1.82, 2.24) is 10.7 Å². The molecule has 4 nitrogen and oxygen atoms in total. The van der Waals surface area contributed by atoms with Gasteiger partial charge in [0.25, 0.3) is 0 Å². The summed E-state index contributed by atoms with van der Waals surface area (Å²) < 4.78 is 0. The van der Waals surface area contributed by atoms with E-state index in [0.717, 1.165) is 34.8 Å². The number of hydrogen-bond acceptors (Lipinski definition) is 4. The summed E-state index contributed by atoms with van der Waals surface area (Å²) in [6.45, 7) is 0.773. The van der Waals surface area contributed by atoms with E-state index in [0.29, 0.717) is 0 Å². The fourth-order valence-electron chi connectivity index (χ4n) is 2.64. The fraction of sp³-hybridized carbons (Fsp3) is 0.125. The highest BCUT2D eigenvalue weighted by molar-refractivity contribution is 5.93. The number of hydrogen-bond donors (Lipinski definition) is 4. The quantitative estimate of drug-likeness (QED) is 0.497. The Morgan fingerprint density at radius 1 is 0.950 bits per heavy atom. The monoisotopic (exact) mass is 266 g/mol. The molecule has 0 bridgehead atoms. The normalized spacial score (nSPS) is 17.1. The van der Waals surface area contributed by atoms with E-state index in [9.17, 15) is 0 Å². The first kappa shape index (κ1) is 12.6. The highest BCUT2D eigenvalue weighted by Gasteiger charge is 2.18. The molecule has 0 spiro atoms. The Labute approximate surface area is 118 Å². The Balaban J connectivity index is 2.30. The molecule has 102 valence electrons. The van der Waals surface area contributed by atoms with Gasteiger partial charge in [-0.1, -0.05) is 42.5 Å². The third kappa shape index (κ3) is 2.00. The largest absolute Gasteiger partial charge is 0.386 e. The van der Waals surface area contributed by atoms with Gasteiger partial charge in [-0.05, 0) is 11.6 Å². The maximum atomic E-state index is 5.79. The lowest BCUT2D eigenvalue weighted by atomic mass is 9.97. The predicted octanol–water partition coefficient (Wildman–Crippen LogP) is 2.12. The molecular formula is C16H18N4. The summed E-state index contributed by atoms with van der Waals surface area (Å²) in [6, 6.07) is 16.5. The molecule has 0 radical (unpaired) electrons. The van der Waals surface area contributed by atoms with Crippen LogP contribution < -0.4 is 21.9 Å². The minimum atomic E-state index is 0.773. The van der Waals surface area contributed by atoms with Crippen LogP contribution in [0.4, 0.5) is 5.69 Å². The van der Waals surface area contributed by atoms with Crippen molar-refractivity contribution in [2.24, 2.45) is 5.84 Å². The third-order valence-electron chi connectivity index (χ3n) is 3.60. The number of anilines is 1. The highest BCUT2D eigenvalue weighted by Crippen LogP contribution is 2.31. The molecule has 0 fully saturated rings. The molecule has 4 heteroatoms. The molecule has 0 amide bonds. The molecule has 0 saturated heterocycles. The molecule has 2 aromatic carbocycles. The molecule has 3 rings (SSSR count). The van der Waals surface area contributed by atoms with Crippen LogP contribution in [0.15, 0.2) is 48.5 Å². The second kappa shape index (κ2) is 5.27. The van der Waals surface area contributed by atoms with Gasteiger partial charge in [-0.25, -0.2) is 0 Å². The molecule has 0 aliphatic carbocycles. The molecule has 20 heavy (non-hydrogen) atoms. The zero-order chi connectivity index (χ0) is 13.9. The van der Waals surface area contributed by atoms with Gasteiger partial charge >= 0.3 is 0 Å². The summed E-state index contributed by atoms with van der Waals surface area (Å²) in [5.41, 5.74) is 9.29. The van der Waals surface area contributed by atoms with Crippen LogP contribution in [0.1, 0.15) is 16.7 Å². The van der Waals surface area contributed by atoms with Crippen LogP contribution in [0.2, 0.25) is 0 Å². The van der Waals surface area contributed by atoms with Gasteiger partial charge in [0, 0.05) is 30.4 Å². The molecule has 2 aromatic rings. The zero-order valence-electron chi connectivity index (χ0n) is 11.4. The molecule has 1 aliphatic heterocycles. The van der Waals surface area contributed by atoms with E-state index < -0.39 is 0 Å². The summed E-state index contributed by atoms with van der Waals surface area (Å²) in [4.78, 5) is 0. The zero-order valence-corrected chi connectivity index (χ0v) is 11.4. The number of fused-ring (bicyclic) bond motifs is 2. The lowest BCUT2D eigenvalue weighted by Crippen LogP contribution is -2.26. The minimum Gasteiger partial charge on any atom is -0.386 e. The van der Waals surface area contributed by atoms with Crippen LogP contribution in [0.5, 0.6) is 0 Å². The molecule has 5 N–H and O–H groups in total. The van der Waals surface area contributed by atoms with Gasteiger partial charge in [0.1, 0.15) is 0 Å². The third-order valence-corrected chi connectivity index (χ3v) is 3.60. The Morgan fingerprint density at radius 3 is 2.40 bits per heavy atom. The van der Waals surface area contributed by atoms with E-state index in [1.54, 1.807) is 0 Å². The van der Waals surface area contributed by atoms with Crippen molar-refractivity contribution in [1.29, 1.82) is 0 Å². The van der Waals surface area contributed by atoms with Gasteiger partial charge in [0.05, 0.1) is 11.4 Å². The maximum Gasteiger partial charge on any atom is 0.0801 e. The first-order valence-corrected chi connectivity index (χ1v) is 6.65. The van der Waals surface area contributed by atoms with Crippen LogP contribution in [-0.4, -0.2) is 7.05 Å². The van der Waals surface area contributed by atoms with Crippen LogP contribution in [0, 0.1) is 0 Å². The average Bonchev–Trinajstić information content (AvgIpc) is 2.49. The summed E-state index contributed by atoms with van der Waals surface area (Å²) in [7, 11) is 1.91. The number of nitrogens with two attached hydrogens (primary N) is 1. The van der Waals surface area contributed by atoms with Crippen LogP contribution in [0.25, 0.3) is 11.4 Å². The summed E-state index contributed by atoms with van der Waals surface area (Å²) in [6.07, 6.45) is 0. The first-order valence-electron chi connectivity index (χ1n) is 6.65. The van der Waals surface area contributed by atoms with E-state index in [4.69, 9.17) is 5.84 Å². The van der Waals surface area contributed by atoms with Crippen molar-refractivity contribution < 1.29 is 0 Å². The number of nitrogens with one attached hydrogen (secondary N) is 3. The van der Waals surface area contributed by atoms with E-state index >= 15 is 0 Å². The highest BCUT2D eigenvalue weighted by atomic mass is 15.2. The molecule has 0 unspecified atom stereocenters. The molecule has 1 heterocycles. The Bertz CT molecular complexity index is 604. The summed E-state index contributed by atoms with van der Waals surface area (Å²) in [5.74, 6) is 5.79. The second-order valence-corrected chi connectivity index (χ2v) is 4.70. The Kier molecular flexibility index (Phi) is 3.31. The number of rotatable bonds is 2. The minimum absolute atomic E-state index is 0.773. The average molecular weight is 266 g/mol. The Morgan fingerprint density at radius 2 is 1.65 bits per heavy atom. The lowest BCUT2D eigenvalue weighted by Gasteiger charge is -2.23. The molecule has 0 atom stereocenters. The second-order valence-electron chi connectivity index (χ2n) is 4.70. The predicted molar refractivity (Wildman–Crippen MR) is 83.4 cm³/mol. The topological polar surface area (TPSA) is 62.1 Å². The molecule has 0 saturated carbocycles. The van der Waals surface area contributed by atoms with Crippen LogP contribution >= 0.6 is 0 Å².